The van der Waals surface area contributed by atoms with Crippen LogP contribution in [0.15, 0.2) is 59.5 Å². The van der Waals surface area contributed by atoms with Gasteiger partial charge in [0.25, 0.3) is 0 Å². The maximum absolute atomic E-state index is 13.2. The van der Waals surface area contributed by atoms with Crippen LogP contribution in [0.5, 0.6) is 0 Å². The van der Waals surface area contributed by atoms with Gasteiger partial charge in [0.2, 0.25) is 0 Å². The summed E-state index contributed by atoms with van der Waals surface area (Å²) in [5, 5.41) is 4.58. The lowest BCUT2D eigenvalue weighted by molar-refractivity contribution is 0.627. The number of nitrogens with zero attached hydrogens (tertiary/aromatic N) is 2. The van der Waals surface area contributed by atoms with Crippen LogP contribution >= 0.6 is 11.6 Å². The van der Waals surface area contributed by atoms with E-state index >= 15 is 0 Å². The Morgan fingerprint density at radius 1 is 1.12 bits per heavy atom. The molecule has 0 spiro atoms. The SMILES string of the molecule is CS(=O)c1ccc(-c2cc(CCCl)nn2-c2ccc(F)cc2)cc1. The molecule has 124 valence electrons. The van der Waals surface area contributed by atoms with Gasteiger partial charge in [-0.05, 0) is 42.5 Å². The molecule has 3 nitrogen and oxygen atoms in total. The van der Waals surface area contributed by atoms with Gasteiger partial charge in [0.15, 0.2) is 0 Å². The second-order valence-corrected chi connectivity index (χ2v) is 7.08. The zero-order valence-corrected chi connectivity index (χ0v) is 14.6. The molecular weight excluding hydrogens is 347 g/mol. The summed E-state index contributed by atoms with van der Waals surface area (Å²) in [6.07, 6.45) is 2.30. The highest BCUT2D eigenvalue weighted by Gasteiger charge is 2.12. The van der Waals surface area contributed by atoms with E-state index in [0.29, 0.717) is 12.3 Å². The predicted molar refractivity (Wildman–Crippen MR) is 95.7 cm³/mol. The first-order valence-electron chi connectivity index (χ1n) is 7.43. The van der Waals surface area contributed by atoms with E-state index in [0.717, 1.165) is 27.5 Å². The number of alkyl halides is 1. The largest absolute Gasteiger partial charge is 0.255 e. The Hall–Kier alpha value is -1.98. The standard InChI is InChI=1S/C18H16ClFN2OS/c1-24(23)17-8-2-13(3-9-17)18-12-15(10-11-19)21-22(18)16-6-4-14(20)5-7-16/h2-9,12H,10-11H2,1H3. The van der Waals surface area contributed by atoms with Gasteiger partial charge in [-0.2, -0.15) is 5.10 Å². The van der Waals surface area contributed by atoms with Crippen molar-refractivity contribution in [2.75, 3.05) is 12.1 Å². The lowest BCUT2D eigenvalue weighted by Gasteiger charge is -2.08. The molecular formula is C18H16ClFN2OS. The van der Waals surface area contributed by atoms with E-state index in [1.165, 1.54) is 12.1 Å². The van der Waals surface area contributed by atoms with E-state index in [9.17, 15) is 8.60 Å². The van der Waals surface area contributed by atoms with Crippen molar-refractivity contribution in [3.8, 4) is 16.9 Å². The van der Waals surface area contributed by atoms with E-state index in [4.69, 9.17) is 11.6 Å². The summed E-state index contributed by atoms with van der Waals surface area (Å²) in [5.41, 5.74) is 3.47. The molecule has 0 radical (unpaired) electrons. The van der Waals surface area contributed by atoms with Crippen LogP contribution < -0.4 is 0 Å². The second-order valence-electron chi connectivity index (χ2n) is 5.33. The molecule has 3 rings (SSSR count). The Kier molecular flexibility index (Phi) is 5.11. The van der Waals surface area contributed by atoms with E-state index in [2.05, 4.69) is 5.10 Å². The molecule has 1 unspecified atom stereocenters. The van der Waals surface area contributed by atoms with Gasteiger partial charge in [0, 0.05) is 39.8 Å². The normalized spacial score (nSPS) is 12.3. The lowest BCUT2D eigenvalue weighted by atomic mass is 10.1. The molecule has 0 bridgehead atoms. The lowest BCUT2D eigenvalue weighted by Crippen LogP contribution is -2.00. The number of rotatable bonds is 5. The summed E-state index contributed by atoms with van der Waals surface area (Å²) < 4.78 is 26.5. The van der Waals surface area contributed by atoms with Crippen LogP contribution in [0.1, 0.15) is 5.69 Å². The molecule has 0 saturated heterocycles. The summed E-state index contributed by atoms with van der Waals surface area (Å²) in [6, 6.07) is 15.7. The van der Waals surface area contributed by atoms with Gasteiger partial charge in [-0.25, -0.2) is 9.07 Å². The van der Waals surface area contributed by atoms with Crippen molar-refractivity contribution in [1.82, 2.24) is 9.78 Å². The highest BCUT2D eigenvalue weighted by atomic mass is 35.5. The summed E-state index contributed by atoms with van der Waals surface area (Å²) in [5.74, 6) is 0.191. The molecule has 24 heavy (non-hydrogen) atoms. The maximum atomic E-state index is 13.2. The Bertz CT molecular complexity index is 860. The fourth-order valence-corrected chi connectivity index (χ4v) is 3.16. The van der Waals surface area contributed by atoms with E-state index in [1.807, 2.05) is 30.3 Å². The first-order valence-corrected chi connectivity index (χ1v) is 9.52. The number of halogens is 2. The van der Waals surface area contributed by atoms with Gasteiger partial charge in [-0.1, -0.05) is 12.1 Å². The highest BCUT2D eigenvalue weighted by Crippen LogP contribution is 2.25. The highest BCUT2D eigenvalue weighted by molar-refractivity contribution is 7.84. The topological polar surface area (TPSA) is 34.9 Å². The third kappa shape index (κ3) is 3.57. The van der Waals surface area contributed by atoms with Crippen molar-refractivity contribution in [3.05, 3.63) is 66.1 Å². The minimum Gasteiger partial charge on any atom is -0.255 e. The minimum absolute atomic E-state index is 0.289. The van der Waals surface area contributed by atoms with Crippen molar-refractivity contribution in [3.63, 3.8) is 0 Å². The molecule has 0 fully saturated rings. The van der Waals surface area contributed by atoms with Crippen molar-refractivity contribution in [2.45, 2.75) is 11.3 Å². The fourth-order valence-electron chi connectivity index (χ4n) is 2.45. The van der Waals surface area contributed by atoms with Gasteiger partial charge in [0.1, 0.15) is 5.82 Å². The zero-order valence-electron chi connectivity index (χ0n) is 13.1. The fraction of sp³-hybridized carbons (Fsp3) is 0.167. The van der Waals surface area contributed by atoms with Crippen molar-refractivity contribution < 1.29 is 8.60 Å². The number of aromatic nitrogens is 2. The first kappa shape index (κ1) is 16.9. The van der Waals surface area contributed by atoms with Crippen molar-refractivity contribution >= 4 is 22.4 Å². The van der Waals surface area contributed by atoms with Crippen molar-refractivity contribution in [2.24, 2.45) is 0 Å². The molecule has 0 amide bonds. The number of benzene rings is 2. The van der Waals surface area contributed by atoms with Crippen LogP contribution in [0.2, 0.25) is 0 Å². The molecule has 0 aliphatic heterocycles. The Morgan fingerprint density at radius 2 is 1.79 bits per heavy atom. The minimum atomic E-state index is -1.02. The molecule has 2 aromatic carbocycles. The Morgan fingerprint density at radius 3 is 2.38 bits per heavy atom. The Labute approximate surface area is 147 Å². The molecule has 6 heteroatoms. The molecule has 3 aromatic rings. The summed E-state index contributed by atoms with van der Waals surface area (Å²) in [6.45, 7) is 0. The third-order valence-corrected chi connectivity index (χ3v) is 4.79. The molecule has 0 N–H and O–H groups in total. The average molecular weight is 363 g/mol. The van der Waals surface area contributed by atoms with Gasteiger partial charge in [0.05, 0.1) is 17.1 Å². The van der Waals surface area contributed by atoms with Crippen LogP contribution in [-0.2, 0) is 17.2 Å². The third-order valence-electron chi connectivity index (χ3n) is 3.66. The van der Waals surface area contributed by atoms with Crippen LogP contribution in [0, 0.1) is 5.82 Å². The van der Waals surface area contributed by atoms with E-state index in [1.54, 1.807) is 23.1 Å². The second kappa shape index (κ2) is 7.28. The van der Waals surface area contributed by atoms with Crippen molar-refractivity contribution in [1.29, 1.82) is 0 Å². The number of hydrogen-bond donors (Lipinski definition) is 0. The Balaban J connectivity index is 2.08. The van der Waals surface area contributed by atoms with Gasteiger partial charge in [-0.15, -0.1) is 11.6 Å². The van der Waals surface area contributed by atoms with Gasteiger partial charge in [-0.3, -0.25) is 4.21 Å². The number of hydrogen-bond acceptors (Lipinski definition) is 2. The monoisotopic (exact) mass is 362 g/mol. The van der Waals surface area contributed by atoms with Crippen LogP contribution in [0.25, 0.3) is 16.9 Å². The molecule has 0 aliphatic rings. The van der Waals surface area contributed by atoms with Gasteiger partial charge >= 0.3 is 0 Å². The summed E-state index contributed by atoms with van der Waals surface area (Å²) in [4.78, 5) is 0.771. The smallest absolute Gasteiger partial charge is 0.123 e. The summed E-state index contributed by atoms with van der Waals surface area (Å²) >= 11 is 5.83. The molecule has 1 atom stereocenters. The first-order chi connectivity index (χ1) is 11.6. The zero-order chi connectivity index (χ0) is 17.1. The number of aryl methyl sites for hydroxylation is 1. The van der Waals surface area contributed by atoms with Crippen LogP contribution in [-0.4, -0.2) is 26.1 Å². The quantitative estimate of drug-likeness (QED) is 0.638. The average Bonchev–Trinajstić information content (AvgIpc) is 3.00. The van der Waals surface area contributed by atoms with E-state index < -0.39 is 10.8 Å². The van der Waals surface area contributed by atoms with Crippen LogP contribution in [0.4, 0.5) is 4.39 Å². The van der Waals surface area contributed by atoms with Gasteiger partial charge < -0.3 is 0 Å². The maximum Gasteiger partial charge on any atom is 0.123 e. The predicted octanol–water partition coefficient (Wildman–Crippen LogP) is 4.20. The molecule has 0 aliphatic carbocycles. The summed E-state index contributed by atoms with van der Waals surface area (Å²) in [7, 11) is -1.02. The van der Waals surface area contributed by atoms with E-state index in [-0.39, 0.29) is 5.82 Å². The molecule has 1 aromatic heterocycles. The molecule has 1 heterocycles. The van der Waals surface area contributed by atoms with Crippen LogP contribution in [0.3, 0.4) is 0 Å². The molecule has 0 saturated carbocycles.